The molecule has 0 aromatic carbocycles. The van der Waals surface area contributed by atoms with Gasteiger partial charge in [0.25, 0.3) is 0 Å². The number of carbonyl (C=O) groups excluding carboxylic acids is 1. The van der Waals surface area contributed by atoms with Crippen molar-refractivity contribution in [1.29, 1.82) is 0 Å². The molecule has 1 saturated carbocycles. The van der Waals surface area contributed by atoms with Crippen molar-refractivity contribution in [1.82, 2.24) is 10.2 Å². The lowest BCUT2D eigenvalue weighted by molar-refractivity contribution is -0.123. The third-order valence-electron chi connectivity index (χ3n) is 4.51. The zero-order chi connectivity index (χ0) is 11.1. The summed E-state index contributed by atoms with van der Waals surface area (Å²) in [7, 11) is 0. The fraction of sp³-hybridized carbons (Fsp3) is 0.917. The minimum Gasteiger partial charge on any atom is -0.393 e. The quantitative estimate of drug-likeness (QED) is 0.657. The van der Waals surface area contributed by atoms with Crippen LogP contribution in [0.4, 0.5) is 0 Å². The number of nitrogens with one attached hydrogen (secondary N) is 1. The summed E-state index contributed by atoms with van der Waals surface area (Å²) in [6, 6.07) is 0.114. The third-order valence-corrected chi connectivity index (χ3v) is 4.51. The molecule has 90 valence electrons. The molecule has 0 radical (unpaired) electrons. The van der Waals surface area contributed by atoms with E-state index in [1.807, 2.05) is 0 Å². The molecule has 16 heavy (non-hydrogen) atoms. The standard InChI is InChI=1S/C12H20N2O2/c15-10-2-1-8-6-14(7-9(8)5-10)11-3-4-13-12(11)16/h8-11,15H,1-7H2,(H,13,16). The molecule has 2 aliphatic heterocycles. The van der Waals surface area contributed by atoms with E-state index in [1.54, 1.807) is 0 Å². The van der Waals surface area contributed by atoms with Crippen molar-refractivity contribution in [2.45, 2.75) is 37.8 Å². The summed E-state index contributed by atoms with van der Waals surface area (Å²) in [5.41, 5.74) is 0. The van der Waals surface area contributed by atoms with Crippen molar-refractivity contribution in [2.24, 2.45) is 11.8 Å². The van der Waals surface area contributed by atoms with Crippen molar-refractivity contribution < 1.29 is 9.90 Å². The molecule has 4 nitrogen and oxygen atoms in total. The number of rotatable bonds is 1. The molecule has 0 spiro atoms. The van der Waals surface area contributed by atoms with Crippen LogP contribution in [-0.2, 0) is 4.79 Å². The van der Waals surface area contributed by atoms with Crippen LogP contribution < -0.4 is 5.32 Å². The van der Waals surface area contributed by atoms with Crippen LogP contribution in [0.15, 0.2) is 0 Å². The Morgan fingerprint density at radius 1 is 1.19 bits per heavy atom. The molecule has 2 N–H and O–H groups in total. The summed E-state index contributed by atoms with van der Waals surface area (Å²) in [6.07, 6.45) is 3.89. The van der Waals surface area contributed by atoms with Gasteiger partial charge in [-0.2, -0.15) is 0 Å². The molecule has 2 heterocycles. The first-order chi connectivity index (χ1) is 7.74. The Hall–Kier alpha value is -0.610. The lowest BCUT2D eigenvalue weighted by atomic mass is 9.80. The third kappa shape index (κ3) is 1.74. The second kappa shape index (κ2) is 4.00. The zero-order valence-electron chi connectivity index (χ0n) is 9.56. The van der Waals surface area contributed by atoms with Gasteiger partial charge in [-0.25, -0.2) is 0 Å². The van der Waals surface area contributed by atoms with Gasteiger partial charge in [-0.3, -0.25) is 9.69 Å². The molecular formula is C12H20N2O2. The van der Waals surface area contributed by atoms with Crippen molar-refractivity contribution in [3.05, 3.63) is 0 Å². The van der Waals surface area contributed by atoms with Crippen LogP contribution in [0.5, 0.6) is 0 Å². The van der Waals surface area contributed by atoms with Gasteiger partial charge in [0.1, 0.15) is 0 Å². The zero-order valence-corrected chi connectivity index (χ0v) is 9.56. The van der Waals surface area contributed by atoms with Crippen LogP contribution in [-0.4, -0.2) is 47.7 Å². The number of aliphatic hydroxyl groups is 1. The van der Waals surface area contributed by atoms with E-state index in [-0.39, 0.29) is 18.1 Å². The Morgan fingerprint density at radius 3 is 2.75 bits per heavy atom. The molecule has 1 amide bonds. The van der Waals surface area contributed by atoms with Gasteiger partial charge >= 0.3 is 0 Å². The van der Waals surface area contributed by atoms with Gasteiger partial charge in [0.2, 0.25) is 5.91 Å². The Bertz CT molecular complexity index is 295. The second-order valence-corrected chi connectivity index (χ2v) is 5.54. The van der Waals surface area contributed by atoms with Gasteiger partial charge in [-0.15, -0.1) is 0 Å². The van der Waals surface area contributed by atoms with Gasteiger partial charge in [0.05, 0.1) is 12.1 Å². The van der Waals surface area contributed by atoms with E-state index in [4.69, 9.17) is 0 Å². The summed E-state index contributed by atoms with van der Waals surface area (Å²) < 4.78 is 0. The predicted octanol–water partition coefficient (Wildman–Crippen LogP) is -0.0323. The second-order valence-electron chi connectivity index (χ2n) is 5.54. The largest absolute Gasteiger partial charge is 0.393 e. The normalized spacial score (nSPS) is 44.4. The number of carbonyl (C=O) groups is 1. The minimum atomic E-state index is -0.0985. The van der Waals surface area contributed by atoms with E-state index in [0.717, 1.165) is 51.2 Å². The fourth-order valence-electron chi connectivity index (χ4n) is 3.63. The Kier molecular flexibility index (Phi) is 2.64. The number of amides is 1. The van der Waals surface area contributed by atoms with Crippen LogP contribution in [0.3, 0.4) is 0 Å². The molecule has 2 saturated heterocycles. The number of aliphatic hydroxyl groups excluding tert-OH is 1. The van der Waals surface area contributed by atoms with Crippen LogP contribution in [0.1, 0.15) is 25.7 Å². The highest BCUT2D eigenvalue weighted by Crippen LogP contribution is 2.37. The van der Waals surface area contributed by atoms with Crippen LogP contribution in [0, 0.1) is 11.8 Å². The molecule has 1 aliphatic carbocycles. The molecule has 3 rings (SSSR count). The Labute approximate surface area is 96.0 Å². The van der Waals surface area contributed by atoms with E-state index in [1.165, 1.54) is 0 Å². The molecule has 4 atom stereocenters. The summed E-state index contributed by atoms with van der Waals surface area (Å²) in [5, 5.41) is 12.6. The summed E-state index contributed by atoms with van der Waals surface area (Å²) in [6.45, 7) is 2.91. The predicted molar refractivity (Wildman–Crippen MR) is 59.8 cm³/mol. The van der Waals surface area contributed by atoms with Crippen molar-refractivity contribution >= 4 is 5.91 Å². The average molecular weight is 224 g/mol. The van der Waals surface area contributed by atoms with Crippen LogP contribution in [0.2, 0.25) is 0 Å². The lowest BCUT2D eigenvalue weighted by Crippen LogP contribution is -2.39. The topological polar surface area (TPSA) is 52.6 Å². The summed E-state index contributed by atoms with van der Waals surface area (Å²) in [5.74, 6) is 1.55. The molecule has 0 aromatic rings. The molecule has 0 bridgehead atoms. The Balaban J connectivity index is 1.65. The average Bonchev–Trinajstić information content (AvgIpc) is 2.82. The first kappa shape index (κ1) is 10.5. The number of hydrogen-bond acceptors (Lipinski definition) is 3. The molecule has 3 fully saturated rings. The number of likely N-dealkylation sites (tertiary alicyclic amines) is 1. The number of nitrogens with zero attached hydrogens (tertiary/aromatic N) is 1. The maximum Gasteiger partial charge on any atom is 0.237 e. The fourth-order valence-corrected chi connectivity index (χ4v) is 3.63. The van der Waals surface area contributed by atoms with Crippen LogP contribution in [0.25, 0.3) is 0 Å². The maximum absolute atomic E-state index is 11.6. The van der Waals surface area contributed by atoms with Crippen molar-refractivity contribution in [3.63, 3.8) is 0 Å². The van der Waals surface area contributed by atoms with E-state index in [9.17, 15) is 9.90 Å². The highest BCUT2D eigenvalue weighted by molar-refractivity contribution is 5.83. The summed E-state index contributed by atoms with van der Waals surface area (Å²) >= 11 is 0. The van der Waals surface area contributed by atoms with Gasteiger partial charge in [-0.1, -0.05) is 0 Å². The molecular weight excluding hydrogens is 204 g/mol. The lowest BCUT2D eigenvalue weighted by Gasteiger charge is -2.27. The first-order valence-electron chi connectivity index (χ1n) is 6.44. The molecule has 4 unspecified atom stereocenters. The van der Waals surface area contributed by atoms with Crippen LogP contribution >= 0.6 is 0 Å². The molecule has 3 aliphatic rings. The number of fused-ring (bicyclic) bond motifs is 1. The number of hydrogen-bond donors (Lipinski definition) is 2. The highest BCUT2D eigenvalue weighted by atomic mass is 16.3. The van der Waals surface area contributed by atoms with Crippen molar-refractivity contribution in [3.8, 4) is 0 Å². The van der Waals surface area contributed by atoms with E-state index < -0.39 is 0 Å². The SMILES string of the molecule is O=C1NCCC1N1CC2CCC(O)CC2C1. The minimum absolute atomic E-state index is 0.0985. The highest BCUT2D eigenvalue weighted by Gasteiger charge is 2.42. The van der Waals surface area contributed by atoms with E-state index in [0.29, 0.717) is 5.92 Å². The summed E-state index contributed by atoms with van der Waals surface area (Å²) in [4.78, 5) is 14.0. The van der Waals surface area contributed by atoms with Gasteiger partial charge < -0.3 is 10.4 Å². The smallest absolute Gasteiger partial charge is 0.237 e. The van der Waals surface area contributed by atoms with E-state index >= 15 is 0 Å². The maximum atomic E-state index is 11.6. The monoisotopic (exact) mass is 224 g/mol. The first-order valence-corrected chi connectivity index (χ1v) is 6.44. The van der Waals surface area contributed by atoms with E-state index in [2.05, 4.69) is 10.2 Å². The van der Waals surface area contributed by atoms with Gasteiger partial charge in [0.15, 0.2) is 0 Å². The van der Waals surface area contributed by atoms with Gasteiger partial charge in [0, 0.05) is 19.6 Å². The Morgan fingerprint density at radius 2 is 2.00 bits per heavy atom. The molecule has 0 aromatic heterocycles. The van der Waals surface area contributed by atoms with Gasteiger partial charge in [-0.05, 0) is 37.5 Å². The molecule has 4 heteroatoms. The van der Waals surface area contributed by atoms with Crippen molar-refractivity contribution in [2.75, 3.05) is 19.6 Å².